The van der Waals surface area contributed by atoms with Crippen LogP contribution in [-0.4, -0.2) is 11.1 Å². The zero-order chi connectivity index (χ0) is 8.55. The van der Waals surface area contributed by atoms with E-state index in [0.29, 0.717) is 0 Å². The first kappa shape index (κ1) is 10.1. The quantitative estimate of drug-likeness (QED) is 0.673. The van der Waals surface area contributed by atoms with Gasteiger partial charge >= 0.3 is 0 Å². The number of hydrogen-bond acceptors (Lipinski definition) is 2. The van der Waals surface area contributed by atoms with Crippen LogP contribution in [0.15, 0.2) is 6.07 Å². The van der Waals surface area contributed by atoms with Crippen molar-refractivity contribution in [3.8, 4) is 6.07 Å². The van der Waals surface area contributed by atoms with Crippen LogP contribution >= 0.6 is 12.4 Å². The minimum atomic E-state index is 0. The zero-order valence-corrected chi connectivity index (χ0v) is 8.32. The monoisotopic (exact) mass is 197 g/mol. The molecule has 0 aliphatic carbocycles. The fraction of sp³-hybridized carbons (Fsp3) is 0.444. The van der Waals surface area contributed by atoms with Crippen LogP contribution in [0.1, 0.15) is 17.0 Å². The number of halogens is 1. The van der Waals surface area contributed by atoms with Crippen LogP contribution in [0.4, 0.5) is 0 Å². The van der Waals surface area contributed by atoms with Crippen LogP contribution in [0.25, 0.3) is 0 Å². The molecule has 0 fully saturated rings. The molecule has 0 saturated carbocycles. The molecule has 0 saturated heterocycles. The molecule has 2 rings (SSSR count). The van der Waals surface area contributed by atoms with Gasteiger partial charge in [0, 0.05) is 32.3 Å². The molecule has 0 aromatic carbocycles. The Morgan fingerprint density at radius 1 is 1.62 bits per heavy atom. The van der Waals surface area contributed by atoms with E-state index in [0.717, 1.165) is 25.2 Å². The van der Waals surface area contributed by atoms with E-state index in [1.54, 1.807) is 0 Å². The van der Waals surface area contributed by atoms with Gasteiger partial charge in [-0.05, 0) is 11.6 Å². The maximum atomic E-state index is 8.78. The number of aromatic nitrogens is 1. The number of rotatable bonds is 0. The first-order valence-electron chi connectivity index (χ1n) is 4.11. The summed E-state index contributed by atoms with van der Waals surface area (Å²) >= 11 is 0. The van der Waals surface area contributed by atoms with Crippen molar-refractivity contribution in [1.29, 1.82) is 5.26 Å². The van der Waals surface area contributed by atoms with Crippen molar-refractivity contribution in [2.24, 2.45) is 7.05 Å². The molecule has 0 amide bonds. The summed E-state index contributed by atoms with van der Waals surface area (Å²) in [5, 5.41) is 12.1. The van der Waals surface area contributed by atoms with E-state index in [1.807, 2.05) is 17.7 Å². The van der Waals surface area contributed by atoms with Gasteiger partial charge in [0.2, 0.25) is 0 Å². The van der Waals surface area contributed by atoms with Gasteiger partial charge in [0.25, 0.3) is 0 Å². The second-order valence-corrected chi connectivity index (χ2v) is 3.10. The van der Waals surface area contributed by atoms with Gasteiger partial charge in [-0.15, -0.1) is 12.4 Å². The molecular formula is C9H12ClN3. The van der Waals surface area contributed by atoms with E-state index in [1.165, 1.54) is 11.3 Å². The van der Waals surface area contributed by atoms with Gasteiger partial charge in [-0.1, -0.05) is 0 Å². The van der Waals surface area contributed by atoms with E-state index in [-0.39, 0.29) is 12.4 Å². The largest absolute Gasteiger partial charge is 0.339 e. The van der Waals surface area contributed by atoms with Gasteiger partial charge in [0.05, 0.1) is 0 Å². The van der Waals surface area contributed by atoms with E-state index in [4.69, 9.17) is 5.26 Å². The molecule has 0 atom stereocenters. The molecule has 1 aliphatic heterocycles. The highest BCUT2D eigenvalue weighted by molar-refractivity contribution is 5.85. The Morgan fingerprint density at radius 3 is 3.00 bits per heavy atom. The maximum absolute atomic E-state index is 8.78. The maximum Gasteiger partial charge on any atom is 0.120 e. The summed E-state index contributed by atoms with van der Waals surface area (Å²) in [5.41, 5.74) is 3.36. The summed E-state index contributed by atoms with van der Waals surface area (Å²) in [5.74, 6) is 0. The van der Waals surface area contributed by atoms with Crippen molar-refractivity contribution in [2.45, 2.75) is 13.0 Å². The van der Waals surface area contributed by atoms with Crippen LogP contribution in [0, 0.1) is 11.3 Å². The topological polar surface area (TPSA) is 40.8 Å². The first-order chi connectivity index (χ1) is 5.83. The Hall–Kier alpha value is -0.980. The Labute approximate surface area is 83.8 Å². The van der Waals surface area contributed by atoms with Gasteiger partial charge in [-0.25, -0.2) is 0 Å². The highest BCUT2D eigenvalue weighted by Gasteiger charge is 2.14. The molecule has 0 unspecified atom stereocenters. The molecule has 1 aromatic rings. The van der Waals surface area contributed by atoms with Crippen LogP contribution in [0.2, 0.25) is 0 Å². The Bertz CT molecular complexity index is 348. The first-order valence-corrected chi connectivity index (χ1v) is 4.11. The Morgan fingerprint density at radius 2 is 2.38 bits per heavy atom. The average molecular weight is 198 g/mol. The molecule has 1 aromatic heterocycles. The normalized spacial score (nSPS) is 14.2. The molecule has 0 spiro atoms. The third kappa shape index (κ3) is 1.55. The molecule has 0 bridgehead atoms. The van der Waals surface area contributed by atoms with E-state index >= 15 is 0 Å². The van der Waals surface area contributed by atoms with Crippen molar-refractivity contribution in [1.82, 2.24) is 9.88 Å². The lowest BCUT2D eigenvalue weighted by molar-refractivity contribution is 0.617. The van der Waals surface area contributed by atoms with Crippen molar-refractivity contribution >= 4 is 12.4 Å². The van der Waals surface area contributed by atoms with Gasteiger partial charge in [0.15, 0.2) is 0 Å². The predicted octanol–water partition coefficient (Wildman–Crippen LogP) is 0.964. The molecule has 2 heterocycles. The number of nitrogens with one attached hydrogen (secondary N) is 1. The summed E-state index contributed by atoms with van der Waals surface area (Å²) in [7, 11) is 1.96. The molecular weight excluding hydrogens is 186 g/mol. The van der Waals surface area contributed by atoms with Gasteiger partial charge in [0.1, 0.15) is 11.8 Å². The second kappa shape index (κ2) is 3.82. The average Bonchev–Trinajstić information content (AvgIpc) is 2.44. The molecule has 1 aliphatic rings. The fourth-order valence-electron chi connectivity index (χ4n) is 1.72. The molecule has 13 heavy (non-hydrogen) atoms. The molecule has 3 nitrogen and oxygen atoms in total. The van der Waals surface area contributed by atoms with Crippen molar-refractivity contribution < 1.29 is 0 Å². The lowest BCUT2D eigenvalue weighted by Crippen LogP contribution is -2.24. The third-order valence-corrected chi connectivity index (χ3v) is 2.42. The number of nitrogens with zero attached hydrogens (tertiary/aromatic N) is 2. The molecule has 70 valence electrons. The SMILES string of the molecule is Cl.Cn1c(C#N)cc2c1CCNC2. The Balaban J connectivity index is 0.000000845. The summed E-state index contributed by atoms with van der Waals surface area (Å²) in [6, 6.07) is 4.16. The lowest BCUT2D eigenvalue weighted by atomic mass is 10.1. The Kier molecular flexibility index (Phi) is 2.97. The van der Waals surface area contributed by atoms with E-state index < -0.39 is 0 Å². The molecule has 0 radical (unpaired) electrons. The number of fused-ring (bicyclic) bond motifs is 1. The standard InChI is InChI=1S/C9H11N3.ClH/c1-12-8(5-10)4-7-6-11-3-2-9(7)12;/h4,11H,2-3,6H2,1H3;1H. The molecule has 1 N–H and O–H groups in total. The number of nitriles is 1. The van der Waals surface area contributed by atoms with Gasteiger partial charge < -0.3 is 9.88 Å². The highest BCUT2D eigenvalue weighted by atomic mass is 35.5. The minimum Gasteiger partial charge on any atom is -0.339 e. The van der Waals surface area contributed by atoms with Crippen molar-refractivity contribution in [3.63, 3.8) is 0 Å². The lowest BCUT2D eigenvalue weighted by Gasteiger charge is -2.14. The highest BCUT2D eigenvalue weighted by Crippen LogP contribution is 2.17. The fourth-order valence-corrected chi connectivity index (χ4v) is 1.72. The van der Waals surface area contributed by atoms with Crippen molar-refractivity contribution in [3.05, 3.63) is 23.0 Å². The van der Waals surface area contributed by atoms with Crippen LogP contribution in [-0.2, 0) is 20.0 Å². The van der Waals surface area contributed by atoms with Crippen LogP contribution < -0.4 is 5.32 Å². The number of hydrogen-bond donors (Lipinski definition) is 1. The molecule has 4 heteroatoms. The second-order valence-electron chi connectivity index (χ2n) is 3.10. The van der Waals surface area contributed by atoms with E-state index in [9.17, 15) is 0 Å². The van der Waals surface area contributed by atoms with Crippen LogP contribution in [0.3, 0.4) is 0 Å². The minimum absolute atomic E-state index is 0. The van der Waals surface area contributed by atoms with Gasteiger partial charge in [-0.3, -0.25) is 0 Å². The predicted molar refractivity (Wildman–Crippen MR) is 52.8 cm³/mol. The summed E-state index contributed by atoms with van der Waals surface area (Å²) in [6.45, 7) is 1.93. The smallest absolute Gasteiger partial charge is 0.120 e. The third-order valence-electron chi connectivity index (χ3n) is 2.42. The zero-order valence-electron chi connectivity index (χ0n) is 7.50. The van der Waals surface area contributed by atoms with Crippen molar-refractivity contribution in [2.75, 3.05) is 6.54 Å². The summed E-state index contributed by atoms with van der Waals surface area (Å²) < 4.78 is 2.00. The van der Waals surface area contributed by atoms with E-state index in [2.05, 4.69) is 11.4 Å². The van der Waals surface area contributed by atoms with Crippen LogP contribution in [0.5, 0.6) is 0 Å². The summed E-state index contributed by atoms with van der Waals surface area (Å²) in [4.78, 5) is 0. The summed E-state index contributed by atoms with van der Waals surface area (Å²) in [6.07, 6.45) is 1.04. The van der Waals surface area contributed by atoms with Gasteiger partial charge in [-0.2, -0.15) is 5.26 Å².